The van der Waals surface area contributed by atoms with Crippen molar-refractivity contribution in [1.82, 2.24) is 15.5 Å². The molecule has 2 N–H and O–H groups in total. The number of ether oxygens (including phenoxy) is 1. The highest BCUT2D eigenvalue weighted by Crippen LogP contribution is 2.22. The van der Waals surface area contributed by atoms with Crippen LogP contribution in [0.3, 0.4) is 0 Å². The van der Waals surface area contributed by atoms with E-state index in [2.05, 4.69) is 10.6 Å². The Morgan fingerprint density at radius 2 is 1.62 bits per heavy atom. The van der Waals surface area contributed by atoms with Crippen LogP contribution in [0.5, 0.6) is 0 Å². The lowest BCUT2D eigenvalue weighted by Gasteiger charge is -2.27. The number of rotatable bonds is 6. The van der Waals surface area contributed by atoms with Gasteiger partial charge in [-0.05, 0) is 68.2 Å². The number of amides is 3. The van der Waals surface area contributed by atoms with Gasteiger partial charge in [0, 0.05) is 29.8 Å². The van der Waals surface area contributed by atoms with Crippen LogP contribution < -0.4 is 10.6 Å². The quantitative estimate of drug-likeness (QED) is 0.661. The molecule has 0 unspecified atom stereocenters. The van der Waals surface area contributed by atoms with Gasteiger partial charge in [0.15, 0.2) is 0 Å². The van der Waals surface area contributed by atoms with Crippen molar-refractivity contribution in [1.29, 1.82) is 0 Å². The van der Waals surface area contributed by atoms with Gasteiger partial charge in [0.2, 0.25) is 11.8 Å². The number of likely N-dealkylation sites (tertiary alicyclic amines) is 1. The Labute approximate surface area is 174 Å². The van der Waals surface area contributed by atoms with Crippen molar-refractivity contribution in [2.24, 2.45) is 0 Å². The highest BCUT2D eigenvalue weighted by atomic mass is 16.6. The van der Waals surface area contributed by atoms with Gasteiger partial charge in [0.1, 0.15) is 5.60 Å². The van der Waals surface area contributed by atoms with Crippen molar-refractivity contribution in [2.75, 3.05) is 6.54 Å². The fourth-order valence-electron chi connectivity index (χ4n) is 3.07. The first-order chi connectivity index (χ1) is 13.3. The van der Waals surface area contributed by atoms with E-state index in [-0.39, 0.29) is 36.0 Å². The van der Waals surface area contributed by atoms with E-state index in [1.807, 2.05) is 47.6 Å². The Morgan fingerprint density at radius 3 is 2.17 bits per heavy atom. The standard InChI is InChI=1S/C22H37N3O4/c1-14(2)23-19(26)15(3)12-17(5)24-20(27)16(4)13-18-10-9-11-25(18)21(28)29-22(6,7)8/h12-14,17-18H,9-11H2,1-8H3,(H,23,26)(H,24,27)/b15-12-,16-13+/t17-,18-/m0/s1. The first kappa shape index (κ1) is 24.7. The minimum atomic E-state index is -0.554. The third-order valence-electron chi connectivity index (χ3n) is 4.36. The Hall–Kier alpha value is -2.31. The Bertz CT molecular complexity index is 674. The highest BCUT2D eigenvalue weighted by Gasteiger charge is 2.31. The summed E-state index contributed by atoms with van der Waals surface area (Å²) in [4.78, 5) is 38.6. The molecule has 1 aliphatic heterocycles. The molecule has 0 aromatic rings. The average molecular weight is 408 g/mol. The molecule has 1 fully saturated rings. The van der Waals surface area contributed by atoms with E-state index < -0.39 is 5.60 Å². The van der Waals surface area contributed by atoms with E-state index in [1.165, 1.54) is 0 Å². The van der Waals surface area contributed by atoms with Crippen LogP contribution in [-0.4, -0.2) is 53.1 Å². The number of hydrogen-bond acceptors (Lipinski definition) is 4. The predicted octanol–water partition coefficient (Wildman–Crippen LogP) is 3.31. The molecule has 0 radical (unpaired) electrons. The second kappa shape index (κ2) is 10.5. The molecule has 1 heterocycles. The number of carbonyl (C=O) groups is 3. The Kier molecular flexibility index (Phi) is 8.92. The molecular formula is C22H37N3O4. The van der Waals surface area contributed by atoms with E-state index in [9.17, 15) is 14.4 Å². The van der Waals surface area contributed by atoms with E-state index >= 15 is 0 Å². The summed E-state index contributed by atoms with van der Waals surface area (Å²) in [6.07, 6.45) is 4.87. The number of carbonyl (C=O) groups excluding carboxylic acids is 3. The molecule has 3 amide bonds. The molecule has 0 spiro atoms. The van der Waals surface area contributed by atoms with Gasteiger partial charge < -0.3 is 20.3 Å². The molecule has 0 saturated carbocycles. The number of nitrogens with zero attached hydrogens (tertiary/aromatic N) is 1. The summed E-state index contributed by atoms with van der Waals surface area (Å²) >= 11 is 0. The molecule has 1 rings (SSSR count). The maximum atomic E-state index is 12.5. The van der Waals surface area contributed by atoms with Crippen LogP contribution in [0.1, 0.15) is 68.2 Å². The number of nitrogens with one attached hydrogen (secondary N) is 2. The maximum absolute atomic E-state index is 12.5. The van der Waals surface area contributed by atoms with E-state index in [0.29, 0.717) is 17.7 Å². The lowest BCUT2D eigenvalue weighted by molar-refractivity contribution is -0.119. The van der Waals surface area contributed by atoms with Crippen LogP contribution >= 0.6 is 0 Å². The lowest BCUT2D eigenvalue weighted by Crippen LogP contribution is -2.39. The van der Waals surface area contributed by atoms with Crippen molar-refractivity contribution < 1.29 is 19.1 Å². The molecule has 0 aliphatic carbocycles. The van der Waals surface area contributed by atoms with Crippen LogP contribution in [-0.2, 0) is 14.3 Å². The molecule has 7 heteroatoms. The summed E-state index contributed by atoms with van der Waals surface area (Å²) in [6.45, 7) is 15.2. The summed E-state index contributed by atoms with van der Waals surface area (Å²) in [5, 5.41) is 5.70. The van der Waals surface area contributed by atoms with Gasteiger partial charge in [-0.3, -0.25) is 9.59 Å². The van der Waals surface area contributed by atoms with Gasteiger partial charge in [0.05, 0.1) is 6.04 Å². The van der Waals surface area contributed by atoms with Crippen molar-refractivity contribution in [3.05, 3.63) is 23.3 Å². The Balaban J connectivity index is 2.73. The van der Waals surface area contributed by atoms with Crippen LogP contribution in [0.4, 0.5) is 4.79 Å². The van der Waals surface area contributed by atoms with Gasteiger partial charge >= 0.3 is 6.09 Å². The zero-order chi connectivity index (χ0) is 22.4. The van der Waals surface area contributed by atoms with Gasteiger partial charge in [0.25, 0.3) is 0 Å². The van der Waals surface area contributed by atoms with Crippen molar-refractivity contribution >= 4 is 17.9 Å². The van der Waals surface area contributed by atoms with Crippen LogP contribution in [0.15, 0.2) is 23.3 Å². The zero-order valence-electron chi connectivity index (χ0n) is 19.1. The molecule has 0 aromatic carbocycles. The minimum Gasteiger partial charge on any atom is -0.444 e. The summed E-state index contributed by atoms with van der Waals surface area (Å²) < 4.78 is 5.46. The third-order valence-corrected chi connectivity index (χ3v) is 4.36. The normalized spacial score (nSPS) is 19.2. The smallest absolute Gasteiger partial charge is 0.410 e. The summed E-state index contributed by atoms with van der Waals surface area (Å²) in [7, 11) is 0. The predicted molar refractivity (Wildman–Crippen MR) is 114 cm³/mol. The molecule has 7 nitrogen and oxygen atoms in total. The molecular weight excluding hydrogens is 370 g/mol. The zero-order valence-corrected chi connectivity index (χ0v) is 19.1. The average Bonchev–Trinajstić information content (AvgIpc) is 3.00. The molecule has 29 heavy (non-hydrogen) atoms. The Morgan fingerprint density at radius 1 is 1.03 bits per heavy atom. The molecule has 0 bridgehead atoms. The van der Waals surface area contributed by atoms with E-state index in [1.54, 1.807) is 24.8 Å². The topological polar surface area (TPSA) is 87.7 Å². The first-order valence-corrected chi connectivity index (χ1v) is 10.3. The van der Waals surface area contributed by atoms with Gasteiger partial charge in [-0.15, -0.1) is 0 Å². The molecule has 2 atom stereocenters. The lowest BCUT2D eigenvalue weighted by atomic mass is 10.1. The van der Waals surface area contributed by atoms with Crippen molar-refractivity contribution in [2.45, 2.75) is 92.0 Å². The summed E-state index contributed by atoms with van der Waals surface area (Å²) in [5.74, 6) is -0.367. The molecule has 164 valence electrons. The fourth-order valence-corrected chi connectivity index (χ4v) is 3.07. The highest BCUT2D eigenvalue weighted by molar-refractivity contribution is 5.94. The third kappa shape index (κ3) is 8.71. The largest absolute Gasteiger partial charge is 0.444 e. The van der Waals surface area contributed by atoms with Gasteiger partial charge in [-0.1, -0.05) is 12.2 Å². The fraction of sp³-hybridized carbons (Fsp3) is 0.682. The van der Waals surface area contributed by atoms with E-state index in [4.69, 9.17) is 4.74 Å². The number of hydrogen-bond donors (Lipinski definition) is 2. The van der Waals surface area contributed by atoms with Crippen LogP contribution in [0.25, 0.3) is 0 Å². The van der Waals surface area contributed by atoms with Gasteiger partial charge in [-0.25, -0.2) is 4.79 Å². The monoisotopic (exact) mass is 407 g/mol. The summed E-state index contributed by atoms with van der Waals surface area (Å²) in [6, 6.07) is -0.394. The first-order valence-electron chi connectivity index (χ1n) is 10.3. The molecule has 0 aromatic heterocycles. The second-order valence-electron chi connectivity index (χ2n) is 8.97. The van der Waals surface area contributed by atoms with Crippen LogP contribution in [0, 0.1) is 0 Å². The summed E-state index contributed by atoms with van der Waals surface area (Å²) in [5.41, 5.74) is 0.539. The second-order valence-corrected chi connectivity index (χ2v) is 8.97. The maximum Gasteiger partial charge on any atom is 0.410 e. The molecule has 1 aliphatic rings. The van der Waals surface area contributed by atoms with Crippen molar-refractivity contribution in [3.8, 4) is 0 Å². The minimum absolute atomic E-state index is 0.0558. The van der Waals surface area contributed by atoms with Crippen molar-refractivity contribution in [3.63, 3.8) is 0 Å². The molecule has 1 saturated heterocycles. The SMILES string of the molecule is C/C(=C/[C@H](C)NC(=O)/C(C)=C/[C@@H]1CCCN1C(=O)OC(C)(C)C)C(=O)NC(C)C. The van der Waals surface area contributed by atoms with Crippen LogP contribution in [0.2, 0.25) is 0 Å². The van der Waals surface area contributed by atoms with E-state index in [0.717, 1.165) is 12.8 Å². The van der Waals surface area contributed by atoms with Gasteiger partial charge in [-0.2, -0.15) is 0 Å².